The summed E-state index contributed by atoms with van der Waals surface area (Å²) in [6.45, 7) is 0.615. The molecule has 1 aromatic heterocycles. The van der Waals surface area contributed by atoms with Gasteiger partial charge in [0.25, 0.3) is 0 Å². The predicted octanol–water partition coefficient (Wildman–Crippen LogP) is 1.52. The Morgan fingerprint density at radius 1 is 1.15 bits per heavy atom. The van der Waals surface area contributed by atoms with Gasteiger partial charge in [-0.3, -0.25) is 14.6 Å². The molecule has 1 unspecified atom stereocenters. The SMILES string of the molecule is O=C(NC1CCC(C(=O)O)CC1)NC1CCCN(c2cccnc2)C1=O. The summed E-state index contributed by atoms with van der Waals surface area (Å²) in [5.74, 6) is -1.21. The highest BCUT2D eigenvalue weighted by Crippen LogP contribution is 2.24. The van der Waals surface area contributed by atoms with Crippen LogP contribution < -0.4 is 15.5 Å². The molecule has 0 aromatic carbocycles. The second-order valence-electron chi connectivity index (χ2n) is 6.90. The van der Waals surface area contributed by atoms with E-state index in [1.54, 1.807) is 23.4 Å². The average Bonchev–Trinajstić information content (AvgIpc) is 2.64. The molecule has 140 valence electrons. The summed E-state index contributed by atoms with van der Waals surface area (Å²) < 4.78 is 0. The van der Waals surface area contributed by atoms with Gasteiger partial charge in [-0.15, -0.1) is 0 Å². The molecule has 8 nitrogen and oxygen atoms in total. The second-order valence-corrected chi connectivity index (χ2v) is 6.90. The number of carbonyl (C=O) groups is 3. The third-order valence-corrected chi connectivity index (χ3v) is 5.11. The molecule has 1 aliphatic heterocycles. The van der Waals surface area contributed by atoms with Crippen molar-refractivity contribution in [1.29, 1.82) is 0 Å². The normalized spacial score (nSPS) is 26.2. The topological polar surface area (TPSA) is 112 Å². The van der Waals surface area contributed by atoms with Crippen molar-refractivity contribution in [3.63, 3.8) is 0 Å². The third kappa shape index (κ3) is 4.30. The van der Waals surface area contributed by atoms with Crippen molar-refractivity contribution in [3.05, 3.63) is 24.5 Å². The molecule has 0 bridgehead atoms. The number of amides is 3. The number of carboxylic acids is 1. The van der Waals surface area contributed by atoms with Crippen LogP contribution in [-0.4, -0.2) is 46.6 Å². The van der Waals surface area contributed by atoms with E-state index in [1.807, 2.05) is 6.07 Å². The van der Waals surface area contributed by atoms with Crippen LogP contribution in [0.15, 0.2) is 24.5 Å². The maximum absolute atomic E-state index is 12.7. The molecule has 3 N–H and O–H groups in total. The number of hydrogen-bond donors (Lipinski definition) is 3. The second kappa shape index (κ2) is 8.16. The summed E-state index contributed by atoms with van der Waals surface area (Å²) in [6, 6.07) is 2.64. The fraction of sp³-hybridized carbons (Fsp3) is 0.556. The molecular weight excluding hydrogens is 336 g/mol. The lowest BCUT2D eigenvalue weighted by atomic mass is 9.86. The number of aromatic nitrogens is 1. The fourth-order valence-electron chi connectivity index (χ4n) is 3.65. The van der Waals surface area contributed by atoms with Gasteiger partial charge in [-0.05, 0) is 50.7 Å². The van der Waals surface area contributed by atoms with Gasteiger partial charge in [0.05, 0.1) is 17.8 Å². The monoisotopic (exact) mass is 360 g/mol. The molecule has 2 aliphatic rings. The van der Waals surface area contributed by atoms with Gasteiger partial charge in [0.15, 0.2) is 0 Å². The lowest BCUT2D eigenvalue weighted by molar-refractivity contribution is -0.142. The van der Waals surface area contributed by atoms with Crippen LogP contribution in [0.2, 0.25) is 0 Å². The molecule has 3 amide bonds. The zero-order chi connectivity index (χ0) is 18.5. The van der Waals surface area contributed by atoms with E-state index >= 15 is 0 Å². The van der Waals surface area contributed by atoms with Crippen molar-refractivity contribution in [2.45, 2.75) is 50.6 Å². The summed E-state index contributed by atoms with van der Waals surface area (Å²) in [5, 5.41) is 14.7. The van der Waals surface area contributed by atoms with E-state index in [4.69, 9.17) is 5.11 Å². The van der Waals surface area contributed by atoms with Crippen molar-refractivity contribution in [2.24, 2.45) is 5.92 Å². The minimum absolute atomic E-state index is 0.0429. The number of pyridine rings is 1. The van der Waals surface area contributed by atoms with E-state index in [9.17, 15) is 14.4 Å². The van der Waals surface area contributed by atoms with Gasteiger partial charge >= 0.3 is 12.0 Å². The lowest BCUT2D eigenvalue weighted by Gasteiger charge is -2.33. The van der Waals surface area contributed by atoms with Crippen molar-refractivity contribution < 1.29 is 19.5 Å². The molecule has 0 spiro atoms. The quantitative estimate of drug-likeness (QED) is 0.754. The van der Waals surface area contributed by atoms with E-state index < -0.39 is 12.0 Å². The number of anilines is 1. The first kappa shape index (κ1) is 18.2. The Morgan fingerprint density at radius 3 is 2.58 bits per heavy atom. The molecule has 1 aliphatic carbocycles. The standard InChI is InChI=1S/C18H24N4O4/c23-16-15(4-2-10-22(16)14-3-1-9-19-11-14)21-18(26)20-13-7-5-12(6-8-13)17(24)25/h1,3,9,11-13,15H,2,4-8,10H2,(H,24,25)(H2,20,21,26). The summed E-state index contributed by atoms with van der Waals surface area (Å²) in [7, 11) is 0. The zero-order valence-electron chi connectivity index (χ0n) is 14.6. The maximum Gasteiger partial charge on any atom is 0.315 e. The Morgan fingerprint density at radius 2 is 1.92 bits per heavy atom. The summed E-state index contributed by atoms with van der Waals surface area (Å²) >= 11 is 0. The van der Waals surface area contributed by atoms with Crippen molar-refractivity contribution in [3.8, 4) is 0 Å². The summed E-state index contributed by atoms with van der Waals surface area (Å²) in [5.41, 5.74) is 0.733. The molecule has 2 fully saturated rings. The van der Waals surface area contributed by atoms with E-state index in [2.05, 4.69) is 15.6 Å². The summed E-state index contributed by atoms with van der Waals surface area (Å²) in [4.78, 5) is 41.6. The van der Waals surface area contributed by atoms with Crippen LogP contribution >= 0.6 is 0 Å². The molecule has 26 heavy (non-hydrogen) atoms. The molecule has 2 heterocycles. The molecule has 1 aromatic rings. The smallest absolute Gasteiger partial charge is 0.315 e. The zero-order valence-corrected chi connectivity index (χ0v) is 14.6. The number of nitrogens with zero attached hydrogens (tertiary/aromatic N) is 2. The number of urea groups is 1. The lowest BCUT2D eigenvalue weighted by Crippen LogP contribution is -2.55. The molecular formula is C18H24N4O4. The molecule has 1 saturated heterocycles. The Kier molecular flexibility index (Phi) is 5.70. The largest absolute Gasteiger partial charge is 0.481 e. The minimum Gasteiger partial charge on any atom is -0.481 e. The number of carboxylic acid groups (broad SMARTS) is 1. The Labute approximate surface area is 152 Å². The molecule has 1 atom stereocenters. The number of aliphatic carboxylic acids is 1. The van der Waals surface area contributed by atoms with Crippen molar-refractivity contribution >= 4 is 23.6 Å². The van der Waals surface area contributed by atoms with Gasteiger partial charge in [0, 0.05) is 18.8 Å². The van der Waals surface area contributed by atoms with Gasteiger partial charge in [-0.1, -0.05) is 0 Å². The number of rotatable bonds is 4. The minimum atomic E-state index is -0.767. The van der Waals surface area contributed by atoms with Gasteiger partial charge in [0.2, 0.25) is 5.91 Å². The predicted molar refractivity (Wildman–Crippen MR) is 94.7 cm³/mol. The highest BCUT2D eigenvalue weighted by molar-refractivity contribution is 5.99. The highest BCUT2D eigenvalue weighted by Gasteiger charge is 2.32. The number of carbonyl (C=O) groups excluding carboxylic acids is 2. The van der Waals surface area contributed by atoms with Crippen LogP contribution in [0.4, 0.5) is 10.5 Å². The third-order valence-electron chi connectivity index (χ3n) is 5.11. The van der Waals surface area contributed by atoms with Gasteiger partial charge in [-0.25, -0.2) is 4.79 Å². The first-order valence-corrected chi connectivity index (χ1v) is 9.06. The van der Waals surface area contributed by atoms with Crippen molar-refractivity contribution in [2.75, 3.05) is 11.4 Å². The first-order chi connectivity index (χ1) is 12.5. The van der Waals surface area contributed by atoms with Crippen LogP contribution in [0.5, 0.6) is 0 Å². The van der Waals surface area contributed by atoms with E-state index in [0.29, 0.717) is 38.6 Å². The number of piperidine rings is 1. The molecule has 0 radical (unpaired) electrons. The van der Waals surface area contributed by atoms with Crippen LogP contribution in [0.25, 0.3) is 0 Å². The van der Waals surface area contributed by atoms with Crippen molar-refractivity contribution in [1.82, 2.24) is 15.6 Å². The first-order valence-electron chi connectivity index (χ1n) is 9.06. The van der Waals surface area contributed by atoms with E-state index in [0.717, 1.165) is 12.1 Å². The molecule has 3 rings (SSSR count). The van der Waals surface area contributed by atoms with Crippen LogP contribution in [0.3, 0.4) is 0 Å². The molecule has 1 saturated carbocycles. The van der Waals surface area contributed by atoms with Crippen LogP contribution in [-0.2, 0) is 9.59 Å². The Balaban J connectivity index is 1.51. The Hall–Kier alpha value is -2.64. The summed E-state index contributed by atoms with van der Waals surface area (Å²) in [6.07, 6.45) is 7.12. The Bertz CT molecular complexity index is 658. The molecule has 8 heteroatoms. The van der Waals surface area contributed by atoms with Gasteiger partial charge in [0.1, 0.15) is 6.04 Å². The van der Waals surface area contributed by atoms with Gasteiger partial charge in [-0.2, -0.15) is 0 Å². The van der Waals surface area contributed by atoms with Gasteiger partial charge < -0.3 is 20.6 Å². The fourth-order valence-corrected chi connectivity index (χ4v) is 3.65. The van der Waals surface area contributed by atoms with E-state index in [1.165, 1.54) is 0 Å². The number of nitrogens with one attached hydrogen (secondary N) is 2. The van der Waals surface area contributed by atoms with Crippen LogP contribution in [0.1, 0.15) is 38.5 Å². The maximum atomic E-state index is 12.7. The van der Waals surface area contributed by atoms with E-state index in [-0.39, 0.29) is 23.9 Å². The highest BCUT2D eigenvalue weighted by atomic mass is 16.4. The van der Waals surface area contributed by atoms with Crippen LogP contribution in [0, 0.1) is 5.92 Å². The number of hydrogen-bond acceptors (Lipinski definition) is 4. The average molecular weight is 360 g/mol.